The fourth-order valence-corrected chi connectivity index (χ4v) is 4.66. The van der Waals surface area contributed by atoms with Gasteiger partial charge in [0.1, 0.15) is 15.9 Å². The van der Waals surface area contributed by atoms with Gasteiger partial charge in [-0.25, -0.2) is 0 Å². The van der Waals surface area contributed by atoms with Gasteiger partial charge in [0.2, 0.25) is 0 Å². The van der Waals surface area contributed by atoms with E-state index in [1.54, 1.807) is 11.3 Å². The summed E-state index contributed by atoms with van der Waals surface area (Å²) in [4.78, 5) is 10.7. The minimum Gasteiger partial charge on any atom is -0.358 e. The molecule has 0 amide bonds. The van der Waals surface area contributed by atoms with E-state index < -0.39 is 0 Å². The van der Waals surface area contributed by atoms with Crippen LogP contribution in [0, 0.1) is 13.5 Å². The molecule has 0 aliphatic rings. The Bertz CT molecular complexity index is 1420. The Kier molecular flexibility index (Phi) is 5.81. The quantitative estimate of drug-likeness (QED) is 0.162. The van der Waals surface area contributed by atoms with Crippen molar-refractivity contribution in [2.45, 2.75) is 0 Å². The van der Waals surface area contributed by atoms with Crippen molar-refractivity contribution >= 4 is 59.2 Å². The molecule has 6 heteroatoms. The van der Waals surface area contributed by atoms with Crippen molar-refractivity contribution in [1.29, 1.82) is 0 Å². The SMILES string of the molecule is [CH3-].[Ir].[Y].[c-]1cccc2c1c1nc3c4ncccc4sc3n1c1ccccc21. The van der Waals surface area contributed by atoms with Gasteiger partial charge in [0.25, 0.3) is 0 Å². The van der Waals surface area contributed by atoms with Crippen molar-refractivity contribution in [1.82, 2.24) is 14.4 Å². The van der Waals surface area contributed by atoms with Crippen LogP contribution in [0.5, 0.6) is 0 Å². The number of thiophene rings is 1. The molecular weight excluding hydrogens is 607 g/mol. The van der Waals surface area contributed by atoms with Crippen molar-refractivity contribution < 1.29 is 52.8 Å². The Labute approximate surface area is 199 Å². The van der Waals surface area contributed by atoms with E-state index in [4.69, 9.17) is 4.98 Å². The molecule has 27 heavy (non-hydrogen) atoms. The molecule has 3 nitrogen and oxygen atoms in total. The molecule has 0 aliphatic heterocycles. The van der Waals surface area contributed by atoms with Crippen molar-refractivity contribution in [3.63, 3.8) is 0 Å². The maximum absolute atomic E-state index is 4.96. The van der Waals surface area contributed by atoms with Crippen LogP contribution in [-0.4, -0.2) is 14.4 Å². The summed E-state index contributed by atoms with van der Waals surface area (Å²) in [7, 11) is 0. The van der Waals surface area contributed by atoms with Gasteiger partial charge in [-0.2, -0.15) is 0 Å². The molecule has 4 heterocycles. The Morgan fingerprint density at radius 3 is 2.63 bits per heavy atom. The molecule has 132 valence electrons. The second-order valence-electron chi connectivity index (χ2n) is 5.85. The zero-order valence-corrected chi connectivity index (χ0v) is 20.5. The van der Waals surface area contributed by atoms with E-state index in [1.807, 2.05) is 24.4 Å². The third kappa shape index (κ3) is 2.80. The van der Waals surface area contributed by atoms with E-state index in [0.29, 0.717) is 0 Å². The van der Waals surface area contributed by atoms with E-state index in [2.05, 4.69) is 51.8 Å². The number of para-hydroxylation sites is 1. The predicted molar refractivity (Wildman–Crippen MR) is 106 cm³/mol. The van der Waals surface area contributed by atoms with E-state index >= 15 is 0 Å². The molecule has 0 saturated heterocycles. The Hall–Kier alpha value is -1.23. The molecule has 0 spiro atoms. The van der Waals surface area contributed by atoms with Gasteiger partial charge >= 0.3 is 0 Å². The first-order valence-corrected chi connectivity index (χ1v) is 8.60. The minimum atomic E-state index is 0. The van der Waals surface area contributed by atoms with Gasteiger partial charge in [-0.05, 0) is 23.6 Å². The molecular formula is C21H13IrN3SY-2. The summed E-state index contributed by atoms with van der Waals surface area (Å²) in [6.45, 7) is 0. The first-order chi connectivity index (χ1) is 11.9. The molecule has 0 saturated carbocycles. The molecule has 6 aromatic rings. The Morgan fingerprint density at radius 2 is 1.74 bits per heavy atom. The number of rotatable bonds is 0. The van der Waals surface area contributed by atoms with Gasteiger partial charge in [-0.1, -0.05) is 23.6 Å². The van der Waals surface area contributed by atoms with Crippen LogP contribution in [0.2, 0.25) is 0 Å². The monoisotopic (exact) mass is 621 g/mol. The van der Waals surface area contributed by atoms with E-state index in [-0.39, 0.29) is 60.2 Å². The summed E-state index contributed by atoms with van der Waals surface area (Å²) in [6.07, 6.45) is 1.83. The summed E-state index contributed by atoms with van der Waals surface area (Å²) in [5, 5.41) is 3.47. The third-order valence-corrected chi connectivity index (χ3v) is 5.67. The van der Waals surface area contributed by atoms with Crippen LogP contribution in [-0.2, 0) is 52.8 Å². The van der Waals surface area contributed by atoms with E-state index in [0.717, 1.165) is 26.9 Å². The number of hydrogen-bond acceptors (Lipinski definition) is 3. The first kappa shape index (κ1) is 20.5. The van der Waals surface area contributed by atoms with Gasteiger partial charge < -0.3 is 11.8 Å². The molecule has 0 N–H and O–H groups in total. The van der Waals surface area contributed by atoms with Crippen molar-refractivity contribution in [3.05, 3.63) is 74.3 Å². The summed E-state index contributed by atoms with van der Waals surface area (Å²) in [6, 6.07) is 22.1. The second-order valence-corrected chi connectivity index (χ2v) is 6.88. The average Bonchev–Trinajstić information content (AvgIpc) is 3.18. The molecule has 0 bridgehead atoms. The maximum atomic E-state index is 4.96. The minimum absolute atomic E-state index is 0. The van der Waals surface area contributed by atoms with Crippen LogP contribution in [0.15, 0.2) is 60.8 Å². The van der Waals surface area contributed by atoms with Crippen molar-refractivity contribution in [3.8, 4) is 0 Å². The molecule has 0 unspecified atom stereocenters. The van der Waals surface area contributed by atoms with Crippen LogP contribution in [0.3, 0.4) is 0 Å². The summed E-state index contributed by atoms with van der Waals surface area (Å²) in [5.74, 6) is 0. The number of hydrogen-bond donors (Lipinski definition) is 0. The van der Waals surface area contributed by atoms with Crippen molar-refractivity contribution in [2.75, 3.05) is 0 Å². The van der Waals surface area contributed by atoms with Crippen LogP contribution in [0.1, 0.15) is 0 Å². The Morgan fingerprint density at radius 1 is 0.926 bits per heavy atom. The van der Waals surface area contributed by atoms with Gasteiger partial charge in [-0.3, -0.25) is 9.97 Å². The van der Waals surface area contributed by atoms with Gasteiger partial charge in [0.05, 0.1) is 10.3 Å². The van der Waals surface area contributed by atoms with Gasteiger partial charge in [0.15, 0.2) is 0 Å². The topological polar surface area (TPSA) is 30.2 Å². The summed E-state index contributed by atoms with van der Waals surface area (Å²) in [5.41, 5.74) is 4.09. The summed E-state index contributed by atoms with van der Waals surface area (Å²) >= 11 is 1.75. The van der Waals surface area contributed by atoms with Gasteiger partial charge in [0, 0.05) is 64.5 Å². The fraction of sp³-hybridized carbons (Fsp3) is 0. The number of imidazole rings is 1. The number of pyridine rings is 2. The Balaban J connectivity index is 0.000000701. The normalized spacial score (nSPS) is 10.8. The molecule has 0 aliphatic carbocycles. The first-order valence-electron chi connectivity index (χ1n) is 7.78. The van der Waals surface area contributed by atoms with Crippen LogP contribution in [0.4, 0.5) is 0 Å². The van der Waals surface area contributed by atoms with Gasteiger partial charge in [-0.15, -0.1) is 41.0 Å². The van der Waals surface area contributed by atoms with E-state index in [1.165, 1.54) is 21.0 Å². The van der Waals surface area contributed by atoms with Crippen molar-refractivity contribution in [2.24, 2.45) is 0 Å². The molecule has 0 atom stereocenters. The second kappa shape index (κ2) is 7.65. The number of aromatic nitrogens is 3. The maximum Gasteiger partial charge on any atom is 0.121 e. The zero-order chi connectivity index (χ0) is 15.7. The molecule has 6 rings (SSSR count). The fourth-order valence-electron chi connectivity index (χ4n) is 3.54. The van der Waals surface area contributed by atoms with Crippen LogP contribution in [0.25, 0.3) is 47.9 Å². The third-order valence-electron chi connectivity index (χ3n) is 4.55. The van der Waals surface area contributed by atoms with Crippen LogP contribution < -0.4 is 0 Å². The molecule has 2 aromatic carbocycles. The predicted octanol–water partition coefficient (Wildman–Crippen LogP) is 5.65. The number of benzene rings is 2. The van der Waals surface area contributed by atoms with E-state index in [9.17, 15) is 0 Å². The summed E-state index contributed by atoms with van der Waals surface area (Å²) < 4.78 is 3.43. The number of nitrogens with zero attached hydrogens (tertiary/aromatic N) is 3. The molecule has 2 radical (unpaired) electrons. The number of fused-ring (bicyclic) bond motifs is 10. The largest absolute Gasteiger partial charge is 0.358 e. The zero-order valence-electron chi connectivity index (χ0n) is 14.4. The molecule has 0 fully saturated rings. The standard InChI is InChI=1S/C20H10N3S.CH3.Ir.Y/c1-2-8-14-12(6-1)13-7-3-4-9-15(13)23-19(14)22-18-17-16(24-20(18)23)10-5-11-21-17;;;/h1-7,9-11H;1H3;;/q2*-1;;. The average molecular weight is 621 g/mol. The van der Waals surface area contributed by atoms with Crippen LogP contribution >= 0.6 is 11.3 Å². The smallest absolute Gasteiger partial charge is 0.121 e. The molecule has 4 aromatic heterocycles.